The van der Waals surface area contributed by atoms with Crippen LogP contribution in [0.15, 0.2) is 28.7 Å². The highest BCUT2D eigenvalue weighted by molar-refractivity contribution is 6.34. The lowest BCUT2D eigenvalue weighted by Crippen LogP contribution is -2.27. The van der Waals surface area contributed by atoms with Crippen molar-refractivity contribution >= 4 is 22.6 Å². The quantitative estimate of drug-likeness (QED) is 0.827. The molecule has 1 aromatic heterocycles. The first-order chi connectivity index (χ1) is 8.11. The molecule has 1 fully saturated rings. The number of hydrogen-bond donors (Lipinski definition) is 1. The van der Waals surface area contributed by atoms with Gasteiger partial charge in [0, 0.05) is 5.39 Å². The molecule has 17 heavy (non-hydrogen) atoms. The molecule has 90 valence electrons. The number of aliphatic hydroxyl groups is 1. The Balaban J connectivity index is 2.15. The van der Waals surface area contributed by atoms with Crippen molar-refractivity contribution in [3.8, 4) is 0 Å². The van der Waals surface area contributed by atoms with E-state index in [2.05, 4.69) is 6.92 Å². The molecule has 0 saturated heterocycles. The van der Waals surface area contributed by atoms with E-state index in [1.54, 1.807) is 6.07 Å². The fourth-order valence-corrected chi connectivity index (χ4v) is 2.99. The molecule has 0 amide bonds. The van der Waals surface area contributed by atoms with Gasteiger partial charge < -0.3 is 9.52 Å². The Morgan fingerprint density at radius 1 is 1.47 bits per heavy atom. The molecule has 1 heterocycles. The second kappa shape index (κ2) is 3.76. The number of furan rings is 1. The lowest BCUT2D eigenvalue weighted by Gasteiger charge is -2.24. The summed E-state index contributed by atoms with van der Waals surface area (Å²) < 4.78 is 5.77. The zero-order valence-corrected chi connectivity index (χ0v) is 10.5. The second-order valence-corrected chi connectivity index (χ2v) is 5.39. The molecule has 1 saturated carbocycles. The fraction of sp³-hybridized carbons (Fsp3) is 0.429. The third kappa shape index (κ3) is 1.59. The zero-order chi connectivity index (χ0) is 12.0. The molecule has 2 nitrogen and oxygen atoms in total. The van der Waals surface area contributed by atoms with E-state index in [1.807, 2.05) is 18.2 Å². The summed E-state index contributed by atoms with van der Waals surface area (Å²) in [5.74, 6) is 0.896. The van der Waals surface area contributed by atoms with Crippen molar-refractivity contribution in [1.82, 2.24) is 0 Å². The monoisotopic (exact) mass is 250 g/mol. The SMILES string of the molecule is CC1CCCC1(O)c1cc2cccc(Cl)c2o1. The lowest BCUT2D eigenvalue weighted by molar-refractivity contribution is -0.0143. The summed E-state index contributed by atoms with van der Waals surface area (Å²) in [5.41, 5.74) is -0.140. The second-order valence-electron chi connectivity index (χ2n) is 4.99. The normalized spacial score (nSPS) is 29.0. The molecular weight excluding hydrogens is 236 g/mol. The lowest BCUT2D eigenvalue weighted by atomic mass is 9.90. The van der Waals surface area contributed by atoms with Crippen LogP contribution in [-0.2, 0) is 5.60 Å². The van der Waals surface area contributed by atoms with Crippen molar-refractivity contribution in [3.63, 3.8) is 0 Å². The maximum Gasteiger partial charge on any atom is 0.153 e. The van der Waals surface area contributed by atoms with Crippen LogP contribution in [0, 0.1) is 5.92 Å². The van der Waals surface area contributed by atoms with E-state index in [-0.39, 0.29) is 5.92 Å². The van der Waals surface area contributed by atoms with Crippen molar-refractivity contribution in [3.05, 3.63) is 35.0 Å². The molecule has 2 unspecified atom stereocenters. The van der Waals surface area contributed by atoms with Gasteiger partial charge in [-0.25, -0.2) is 0 Å². The van der Waals surface area contributed by atoms with Gasteiger partial charge in [-0.3, -0.25) is 0 Å². The molecule has 0 bridgehead atoms. The Hall–Kier alpha value is -0.990. The van der Waals surface area contributed by atoms with Gasteiger partial charge in [0.2, 0.25) is 0 Å². The number of hydrogen-bond acceptors (Lipinski definition) is 2. The highest BCUT2D eigenvalue weighted by Crippen LogP contribution is 2.45. The fourth-order valence-electron chi connectivity index (χ4n) is 2.77. The Kier molecular flexibility index (Phi) is 2.46. The van der Waals surface area contributed by atoms with E-state index >= 15 is 0 Å². The standard InChI is InChI=1S/C14H15ClO2/c1-9-4-3-7-14(9,16)12-8-10-5-2-6-11(15)13(10)17-12/h2,5-6,8-9,16H,3-4,7H2,1H3. The number of halogens is 1. The molecule has 0 radical (unpaired) electrons. The number of fused-ring (bicyclic) bond motifs is 1. The average molecular weight is 251 g/mol. The van der Waals surface area contributed by atoms with E-state index in [0.29, 0.717) is 16.4 Å². The molecular formula is C14H15ClO2. The summed E-state index contributed by atoms with van der Waals surface area (Å²) >= 11 is 6.08. The molecule has 0 aliphatic heterocycles. The molecule has 1 aliphatic rings. The van der Waals surface area contributed by atoms with E-state index in [0.717, 1.165) is 24.6 Å². The first-order valence-electron chi connectivity index (χ1n) is 6.02. The number of benzene rings is 1. The van der Waals surface area contributed by atoms with Gasteiger partial charge in [0.1, 0.15) is 11.4 Å². The largest absolute Gasteiger partial charge is 0.456 e. The van der Waals surface area contributed by atoms with E-state index < -0.39 is 5.60 Å². The Morgan fingerprint density at radius 2 is 2.29 bits per heavy atom. The topological polar surface area (TPSA) is 33.4 Å². The van der Waals surface area contributed by atoms with Crippen LogP contribution in [0.2, 0.25) is 5.02 Å². The number of para-hydroxylation sites is 1. The maximum absolute atomic E-state index is 10.7. The Labute approximate surface area is 105 Å². The van der Waals surface area contributed by atoms with Gasteiger partial charge >= 0.3 is 0 Å². The highest BCUT2D eigenvalue weighted by atomic mass is 35.5. The average Bonchev–Trinajstić information content (AvgIpc) is 2.86. The van der Waals surface area contributed by atoms with Crippen LogP contribution in [0.4, 0.5) is 0 Å². The molecule has 0 spiro atoms. The molecule has 3 heteroatoms. The van der Waals surface area contributed by atoms with Crippen molar-refractivity contribution < 1.29 is 9.52 Å². The third-order valence-electron chi connectivity index (χ3n) is 3.93. The number of rotatable bonds is 1. The van der Waals surface area contributed by atoms with Crippen LogP contribution in [0.5, 0.6) is 0 Å². The minimum Gasteiger partial charge on any atom is -0.456 e. The predicted molar refractivity (Wildman–Crippen MR) is 68.1 cm³/mol. The summed E-state index contributed by atoms with van der Waals surface area (Å²) in [7, 11) is 0. The van der Waals surface area contributed by atoms with E-state index in [4.69, 9.17) is 16.0 Å². The Morgan fingerprint density at radius 3 is 2.94 bits per heavy atom. The highest BCUT2D eigenvalue weighted by Gasteiger charge is 2.42. The van der Waals surface area contributed by atoms with Crippen molar-refractivity contribution in [1.29, 1.82) is 0 Å². The molecule has 1 aromatic carbocycles. The van der Waals surface area contributed by atoms with Crippen LogP contribution in [0.1, 0.15) is 31.9 Å². The van der Waals surface area contributed by atoms with Crippen molar-refractivity contribution in [2.24, 2.45) is 5.92 Å². The van der Waals surface area contributed by atoms with Crippen LogP contribution >= 0.6 is 11.6 Å². The first kappa shape index (κ1) is 11.1. The van der Waals surface area contributed by atoms with Gasteiger partial charge in [-0.15, -0.1) is 0 Å². The summed E-state index contributed by atoms with van der Waals surface area (Å²) in [6.07, 6.45) is 2.86. The minimum absolute atomic E-state index is 0.238. The van der Waals surface area contributed by atoms with Gasteiger partial charge in [-0.05, 0) is 37.3 Å². The Bertz CT molecular complexity index is 560. The van der Waals surface area contributed by atoms with Gasteiger partial charge in [0.05, 0.1) is 5.02 Å². The van der Waals surface area contributed by atoms with Crippen LogP contribution in [0.25, 0.3) is 11.0 Å². The summed E-state index contributed by atoms with van der Waals surface area (Å²) in [5, 5.41) is 12.2. The molecule has 2 atom stereocenters. The predicted octanol–water partition coefficient (Wildman–Crippen LogP) is 4.09. The minimum atomic E-state index is -0.817. The van der Waals surface area contributed by atoms with Crippen molar-refractivity contribution in [2.45, 2.75) is 31.8 Å². The summed E-state index contributed by atoms with van der Waals surface area (Å²) in [6.45, 7) is 2.07. The van der Waals surface area contributed by atoms with Gasteiger partial charge in [0.25, 0.3) is 0 Å². The van der Waals surface area contributed by atoms with Gasteiger partial charge in [-0.1, -0.05) is 30.7 Å². The third-order valence-corrected chi connectivity index (χ3v) is 4.23. The van der Waals surface area contributed by atoms with Gasteiger partial charge in [-0.2, -0.15) is 0 Å². The van der Waals surface area contributed by atoms with Gasteiger partial charge in [0.15, 0.2) is 5.58 Å². The van der Waals surface area contributed by atoms with Crippen molar-refractivity contribution in [2.75, 3.05) is 0 Å². The van der Waals surface area contributed by atoms with Crippen LogP contribution < -0.4 is 0 Å². The van der Waals surface area contributed by atoms with E-state index in [9.17, 15) is 5.11 Å². The van der Waals surface area contributed by atoms with E-state index in [1.165, 1.54) is 0 Å². The van der Waals surface area contributed by atoms with Crippen LogP contribution in [0.3, 0.4) is 0 Å². The summed E-state index contributed by atoms with van der Waals surface area (Å²) in [4.78, 5) is 0. The van der Waals surface area contributed by atoms with Crippen LogP contribution in [-0.4, -0.2) is 5.11 Å². The molecule has 3 rings (SSSR count). The zero-order valence-electron chi connectivity index (χ0n) is 9.74. The first-order valence-corrected chi connectivity index (χ1v) is 6.40. The molecule has 1 aliphatic carbocycles. The molecule has 2 aromatic rings. The molecule has 1 N–H and O–H groups in total. The summed E-state index contributed by atoms with van der Waals surface area (Å²) in [6, 6.07) is 7.58. The maximum atomic E-state index is 10.7. The smallest absolute Gasteiger partial charge is 0.153 e.